The van der Waals surface area contributed by atoms with Crippen molar-refractivity contribution >= 4 is 23.5 Å². The van der Waals surface area contributed by atoms with E-state index in [9.17, 15) is 14.0 Å². The van der Waals surface area contributed by atoms with Crippen LogP contribution in [0.2, 0.25) is 0 Å². The summed E-state index contributed by atoms with van der Waals surface area (Å²) in [7, 11) is 3.97. The maximum absolute atomic E-state index is 14.0. The number of hydrogen-bond donors (Lipinski definition) is 1. The van der Waals surface area contributed by atoms with Crippen LogP contribution in [0.3, 0.4) is 0 Å². The lowest BCUT2D eigenvalue weighted by molar-refractivity contribution is 0.0208. The lowest BCUT2D eigenvalue weighted by Gasteiger charge is -2.29. The van der Waals surface area contributed by atoms with Crippen molar-refractivity contribution < 1.29 is 23.5 Å². The summed E-state index contributed by atoms with van der Waals surface area (Å²) in [6.45, 7) is 7.25. The quantitative estimate of drug-likeness (QED) is 0.312. The summed E-state index contributed by atoms with van der Waals surface area (Å²) in [5.74, 6) is -0.124. The summed E-state index contributed by atoms with van der Waals surface area (Å²) in [5, 5.41) is 3.39. The molecule has 43 heavy (non-hydrogen) atoms. The molecule has 1 aromatic carbocycles. The molecule has 2 atom stereocenters. The second kappa shape index (κ2) is 11.1. The molecule has 0 radical (unpaired) electrons. The summed E-state index contributed by atoms with van der Waals surface area (Å²) in [5.41, 5.74) is 3.87. The first-order chi connectivity index (χ1) is 20.5. The first kappa shape index (κ1) is 28.8. The number of amides is 2. The molecule has 0 saturated carbocycles. The highest BCUT2D eigenvalue weighted by Gasteiger charge is 2.45. The van der Waals surface area contributed by atoms with E-state index < -0.39 is 29.6 Å². The molecule has 10 nitrogen and oxygen atoms in total. The van der Waals surface area contributed by atoms with Gasteiger partial charge in [-0.2, -0.15) is 0 Å². The first-order valence-corrected chi connectivity index (χ1v) is 14.3. The number of nitrogens with zero attached hydrogens (tertiary/aromatic N) is 5. The van der Waals surface area contributed by atoms with Crippen LogP contribution in [0.5, 0.6) is 0 Å². The SMILES string of the molecule is CN(C)Cc1nc(NC2c3c(cccc3-c3cnc4cc(F)ccn34)C(=O)N2C(=O)OC(C)(C)C)ccc1C1CCOC1. The van der Waals surface area contributed by atoms with Gasteiger partial charge in [-0.1, -0.05) is 18.2 Å². The normalized spacial score (nSPS) is 18.5. The van der Waals surface area contributed by atoms with Crippen LogP contribution in [0, 0.1) is 5.82 Å². The molecule has 1 saturated heterocycles. The van der Waals surface area contributed by atoms with Gasteiger partial charge in [0, 0.05) is 48.0 Å². The van der Waals surface area contributed by atoms with E-state index in [1.807, 2.05) is 32.3 Å². The van der Waals surface area contributed by atoms with Crippen LogP contribution < -0.4 is 5.32 Å². The Balaban J connectivity index is 1.47. The van der Waals surface area contributed by atoms with Crippen molar-refractivity contribution in [3.8, 4) is 11.3 Å². The van der Waals surface area contributed by atoms with E-state index in [1.54, 1.807) is 49.7 Å². The molecule has 11 heteroatoms. The molecular weight excluding hydrogens is 551 g/mol. The number of nitrogens with one attached hydrogen (secondary N) is 1. The Kier molecular flexibility index (Phi) is 7.39. The molecule has 224 valence electrons. The van der Waals surface area contributed by atoms with Gasteiger partial charge in [0.1, 0.15) is 29.0 Å². The van der Waals surface area contributed by atoms with Crippen LogP contribution >= 0.6 is 0 Å². The van der Waals surface area contributed by atoms with E-state index in [0.717, 1.165) is 29.2 Å². The fourth-order valence-corrected chi connectivity index (χ4v) is 5.75. The van der Waals surface area contributed by atoms with Gasteiger partial charge in [0.25, 0.3) is 5.91 Å². The van der Waals surface area contributed by atoms with Gasteiger partial charge in [0.2, 0.25) is 0 Å². The van der Waals surface area contributed by atoms with E-state index in [1.165, 1.54) is 12.1 Å². The Morgan fingerprint density at radius 3 is 2.70 bits per heavy atom. The Morgan fingerprint density at radius 1 is 1.19 bits per heavy atom. The van der Waals surface area contributed by atoms with E-state index in [-0.39, 0.29) is 5.92 Å². The van der Waals surface area contributed by atoms with Crippen molar-refractivity contribution in [2.75, 3.05) is 32.6 Å². The molecule has 3 aromatic heterocycles. The third-order valence-corrected chi connectivity index (χ3v) is 7.56. The van der Waals surface area contributed by atoms with Crippen molar-refractivity contribution in [2.45, 2.75) is 51.4 Å². The average Bonchev–Trinajstić information content (AvgIpc) is 3.66. The second-order valence-corrected chi connectivity index (χ2v) is 12.2. The van der Waals surface area contributed by atoms with Crippen LogP contribution in [0.1, 0.15) is 66.5 Å². The van der Waals surface area contributed by atoms with E-state index in [0.29, 0.717) is 47.0 Å². The molecule has 0 aliphatic carbocycles. The average molecular weight is 587 g/mol. The monoisotopic (exact) mass is 586 g/mol. The fraction of sp³-hybridized carbons (Fsp3) is 0.375. The zero-order valence-electron chi connectivity index (χ0n) is 24.9. The van der Waals surface area contributed by atoms with Gasteiger partial charge in [-0.3, -0.25) is 9.20 Å². The van der Waals surface area contributed by atoms with Gasteiger partial charge < -0.3 is 19.7 Å². The number of fused-ring (bicyclic) bond motifs is 2. The number of rotatable bonds is 6. The number of aromatic nitrogens is 3. The van der Waals surface area contributed by atoms with Crippen LogP contribution in [0.4, 0.5) is 15.0 Å². The third-order valence-electron chi connectivity index (χ3n) is 7.56. The second-order valence-electron chi connectivity index (χ2n) is 12.2. The number of imide groups is 1. The highest BCUT2D eigenvalue weighted by molar-refractivity contribution is 6.09. The van der Waals surface area contributed by atoms with Crippen LogP contribution in [-0.2, 0) is 16.0 Å². The molecular formula is C32H35FN6O4. The highest BCUT2D eigenvalue weighted by atomic mass is 19.1. The van der Waals surface area contributed by atoms with Crippen molar-refractivity contribution in [3.63, 3.8) is 0 Å². The number of pyridine rings is 2. The number of halogens is 1. The van der Waals surface area contributed by atoms with E-state index >= 15 is 0 Å². The molecule has 6 rings (SSSR count). The first-order valence-electron chi connectivity index (χ1n) is 14.3. The molecule has 0 spiro atoms. The molecule has 1 fully saturated rings. The smallest absolute Gasteiger partial charge is 0.419 e. The van der Waals surface area contributed by atoms with Gasteiger partial charge >= 0.3 is 6.09 Å². The van der Waals surface area contributed by atoms with Crippen LogP contribution in [-0.4, -0.2) is 69.1 Å². The molecule has 2 aliphatic rings. The number of hydrogen-bond acceptors (Lipinski definition) is 8. The molecule has 2 aliphatic heterocycles. The lowest BCUT2D eigenvalue weighted by atomic mass is 9.96. The summed E-state index contributed by atoms with van der Waals surface area (Å²) >= 11 is 0. The molecule has 2 amide bonds. The van der Waals surface area contributed by atoms with Crippen molar-refractivity contribution in [2.24, 2.45) is 0 Å². The summed E-state index contributed by atoms with van der Waals surface area (Å²) in [6, 6.07) is 11.9. The van der Waals surface area contributed by atoms with E-state index in [2.05, 4.69) is 15.2 Å². The molecule has 5 heterocycles. The Hall–Kier alpha value is -4.35. The van der Waals surface area contributed by atoms with Gasteiger partial charge in [0.05, 0.1) is 24.2 Å². The minimum absolute atomic E-state index is 0.259. The number of ether oxygens (including phenoxy) is 2. The molecule has 2 unspecified atom stereocenters. The predicted octanol–water partition coefficient (Wildman–Crippen LogP) is 5.60. The van der Waals surface area contributed by atoms with Crippen LogP contribution in [0.15, 0.2) is 54.9 Å². The summed E-state index contributed by atoms with van der Waals surface area (Å²) in [6.07, 6.45) is 2.45. The zero-order chi connectivity index (χ0) is 30.5. The lowest BCUT2D eigenvalue weighted by Crippen LogP contribution is -2.41. The van der Waals surface area contributed by atoms with Crippen molar-refractivity contribution in [1.82, 2.24) is 24.2 Å². The predicted molar refractivity (Wildman–Crippen MR) is 159 cm³/mol. The minimum Gasteiger partial charge on any atom is -0.443 e. The standard InChI is InChI=1S/C32H35FN6O4/c1-32(2,3)43-31(41)39-29(36-26-10-9-21(19-12-14-42-18-19)24(35-26)17-37(4)5)28-22(7-6-8-23(28)30(39)40)25-16-34-27-15-20(33)11-13-38(25)27/h6-11,13,15-16,19,29H,12,14,17-18H2,1-5H3,(H,35,36). The number of benzene rings is 1. The Labute approximate surface area is 249 Å². The molecule has 0 bridgehead atoms. The van der Waals surface area contributed by atoms with Crippen molar-refractivity contribution in [1.29, 1.82) is 0 Å². The van der Waals surface area contributed by atoms with Crippen LogP contribution in [0.25, 0.3) is 16.9 Å². The number of carbonyl (C=O) groups excluding carboxylic acids is 2. The minimum atomic E-state index is -0.931. The largest absolute Gasteiger partial charge is 0.443 e. The van der Waals surface area contributed by atoms with E-state index in [4.69, 9.17) is 14.5 Å². The Bertz CT molecular complexity index is 1710. The summed E-state index contributed by atoms with van der Waals surface area (Å²) in [4.78, 5) is 40.0. The zero-order valence-corrected chi connectivity index (χ0v) is 24.9. The van der Waals surface area contributed by atoms with Gasteiger partial charge in [-0.15, -0.1) is 0 Å². The number of anilines is 1. The summed E-state index contributed by atoms with van der Waals surface area (Å²) < 4.78 is 27.0. The topological polar surface area (TPSA) is 101 Å². The highest BCUT2D eigenvalue weighted by Crippen LogP contribution is 2.42. The fourth-order valence-electron chi connectivity index (χ4n) is 5.75. The van der Waals surface area contributed by atoms with Gasteiger partial charge in [0.15, 0.2) is 0 Å². The number of carbonyl (C=O) groups is 2. The van der Waals surface area contributed by atoms with Gasteiger partial charge in [-0.25, -0.2) is 24.1 Å². The number of imidazole rings is 1. The Morgan fingerprint density at radius 2 is 1.98 bits per heavy atom. The van der Waals surface area contributed by atoms with Gasteiger partial charge in [-0.05, 0) is 65.0 Å². The molecule has 1 N–H and O–H groups in total. The maximum atomic E-state index is 14.0. The maximum Gasteiger partial charge on any atom is 0.419 e. The van der Waals surface area contributed by atoms with Crippen molar-refractivity contribution in [3.05, 3.63) is 83.1 Å². The third kappa shape index (κ3) is 5.57. The molecule has 4 aromatic rings.